The lowest BCUT2D eigenvalue weighted by molar-refractivity contribution is -0.138. The molecule has 0 bridgehead atoms. The Labute approximate surface area is 183 Å². The van der Waals surface area contributed by atoms with Crippen molar-refractivity contribution in [2.24, 2.45) is 5.92 Å². The molecule has 2 unspecified atom stereocenters. The second kappa shape index (κ2) is 8.99. The topological polar surface area (TPSA) is 84.9 Å². The number of hydrogen-bond acceptors (Lipinski definition) is 6. The first-order valence-corrected chi connectivity index (χ1v) is 10.7. The minimum Gasteiger partial charge on any atom is -0.472 e. The highest BCUT2D eigenvalue weighted by Gasteiger charge is 2.38. The third-order valence-corrected chi connectivity index (χ3v) is 5.86. The van der Waals surface area contributed by atoms with Gasteiger partial charge in [0.05, 0.1) is 19.6 Å². The average Bonchev–Trinajstić information content (AvgIpc) is 3.15. The molecule has 9 heteroatoms. The number of benzene rings is 1. The van der Waals surface area contributed by atoms with Gasteiger partial charge >= 0.3 is 6.01 Å². The van der Waals surface area contributed by atoms with Gasteiger partial charge in [-0.15, -0.1) is 0 Å². The van der Waals surface area contributed by atoms with Gasteiger partial charge in [-0.05, 0) is 31.0 Å². The molecule has 8 nitrogen and oxygen atoms in total. The van der Waals surface area contributed by atoms with Crippen LogP contribution in [0.3, 0.4) is 0 Å². The van der Waals surface area contributed by atoms with Crippen molar-refractivity contribution in [3.63, 3.8) is 0 Å². The van der Waals surface area contributed by atoms with Crippen LogP contribution in [-0.2, 0) is 9.59 Å². The van der Waals surface area contributed by atoms with Crippen molar-refractivity contribution in [2.45, 2.75) is 25.4 Å². The highest BCUT2D eigenvalue weighted by molar-refractivity contribution is 9.10. The van der Waals surface area contributed by atoms with Crippen LogP contribution in [0.1, 0.15) is 19.3 Å². The Morgan fingerprint density at radius 2 is 2.13 bits per heavy atom. The molecule has 1 aromatic heterocycles. The summed E-state index contributed by atoms with van der Waals surface area (Å²) >= 11 is 3.43. The summed E-state index contributed by atoms with van der Waals surface area (Å²) in [6.07, 6.45) is 3.34. The van der Waals surface area contributed by atoms with Crippen molar-refractivity contribution in [3.8, 4) is 11.9 Å². The summed E-state index contributed by atoms with van der Waals surface area (Å²) in [4.78, 5) is 37.3. The molecular weight excluding hydrogens is 452 g/mol. The van der Waals surface area contributed by atoms with Crippen LogP contribution in [0.2, 0.25) is 0 Å². The molecule has 2 aliphatic rings. The van der Waals surface area contributed by atoms with Gasteiger partial charge in [0.1, 0.15) is 6.10 Å². The summed E-state index contributed by atoms with van der Waals surface area (Å²) < 4.78 is 11.9. The molecule has 2 saturated heterocycles. The van der Waals surface area contributed by atoms with E-state index in [4.69, 9.17) is 9.47 Å². The molecule has 0 radical (unpaired) electrons. The first kappa shape index (κ1) is 20.6. The number of aromatic nitrogens is 2. The van der Waals surface area contributed by atoms with E-state index in [-0.39, 0.29) is 36.3 Å². The van der Waals surface area contributed by atoms with Gasteiger partial charge in [-0.1, -0.05) is 22.0 Å². The van der Waals surface area contributed by atoms with Crippen molar-refractivity contribution >= 4 is 33.4 Å². The molecule has 0 saturated carbocycles. The molecule has 158 valence electrons. The number of nitrogens with zero attached hydrogens (tertiary/aromatic N) is 4. The standard InChI is InChI=1S/C21H23BrN4O4/c1-29-21-23-8-7-18(24-21)30-17-6-3-9-25(13-17)20(28)14-10-19(27)26(12-14)16-5-2-4-15(22)11-16/h2,4-5,7-8,11,14,17H,3,6,9-10,12-13H2,1H3. The van der Waals surface area contributed by atoms with Crippen molar-refractivity contribution < 1.29 is 19.1 Å². The maximum Gasteiger partial charge on any atom is 0.319 e. The quantitative estimate of drug-likeness (QED) is 0.662. The van der Waals surface area contributed by atoms with Crippen molar-refractivity contribution in [2.75, 3.05) is 31.6 Å². The summed E-state index contributed by atoms with van der Waals surface area (Å²) in [5.74, 6) is 0.0751. The fourth-order valence-corrected chi connectivity index (χ4v) is 4.31. The first-order chi connectivity index (χ1) is 14.5. The number of carbonyl (C=O) groups is 2. The number of hydrogen-bond donors (Lipinski definition) is 0. The summed E-state index contributed by atoms with van der Waals surface area (Å²) in [5.41, 5.74) is 0.808. The SMILES string of the molecule is COc1nccc(OC2CCCN(C(=O)C3CC(=O)N(c4cccc(Br)c4)C3)C2)n1. The number of anilines is 1. The molecule has 2 fully saturated rings. The van der Waals surface area contributed by atoms with E-state index in [1.807, 2.05) is 29.2 Å². The molecule has 3 heterocycles. The maximum atomic E-state index is 13.1. The molecule has 2 amide bonds. The normalized spacial score (nSPS) is 21.6. The average molecular weight is 475 g/mol. The Balaban J connectivity index is 1.39. The second-order valence-corrected chi connectivity index (χ2v) is 8.35. The molecule has 0 aliphatic carbocycles. The monoisotopic (exact) mass is 474 g/mol. The van der Waals surface area contributed by atoms with Crippen LogP contribution >= 0.6 is 15.9 Å². The number of methoxy groups -OCH3 is 1. The van der Waals surface area contributed by atoms with E-state index in [1.54, 1.807) is 17.2 Å². The molecule has 2 atom stereocenters. The highest BCUT2D eigenvalue weighted by Crippen LogP contribution is 2.29. The molecule has 2 aromatic rings. The minimum atomic E-state index is -0.339. The van der Waals surface area contributed by atoms with Crippen molar-refractivity contribution in [3.05, 3.63) is 41.0 Å². The highest BCUT2D eigenvalue weighted by atomic mass is 79.9. The van der Waals surface area contributed by atoms with Gasteiger partial charge < -0.3 is 19.3 Å². The Kier molecular flexibility index (Phi) is 6.17. The Hall–Kier alpha value is -2.68. The van der Waals surface area contributed by atoms with Crippen LogP contribution in [0.15, 0.2) is 41.0 Å². The predicted octanol–water partition coefficient (Wildman–Crippen LogP) is 2.67. The van der Waals surface area contributed by atoms with Gasteiger partial charge in [0.2, 0.25) is 17.7 Å². The summed E-state index contributed by atoms with van der Waals surface area (Å²) in [6.45, 7) is 1.55. The van der Waals surface area contributed by atoms with Gasteiger partial charge in [-0.3, -0.25) is 9.59 Å². The van der Waals surface area contributed by atoms with Gasteiger partial charge in [0.25, 0.3) is 0 Å². The van der Waals surface area contributed by atoms with Gasteiger partial charge in [-0.25, -0.2) is 4.98 Å². The van der Waals surface area contributed by atoms with Crippen LogP contribution < -0.4 is 14.4 Å². The van der Waals surface area contributed by atoms with E-state index in [9.17, 15) is 9.59 Å². The lowest BCUT2D eigenvalue weighted by atomic mass is 10.0. The fourth-order valence-electron chi connectivity index (χ4n) is 3.92. The summed E-state index contributed by atoms with van der Waals surface area (Å²) in [7, 11) is 1.50. The van der Waals surface area contributed by atoms with E-state index in [0.717, 1.165) is 23.0 Å². The number of ether oxygens (including phenoxy) is 2. The summed E-state index contributed by atoms with van der Waals surface area (Å²) in [6, 6.07) is 9.49. The number of carbonyl (C=O) groups excluding carboxylic acids is 2. The lowest BCUT2D eigenvalue weighted by Gasteiger charge is -2.34. The van der Waals surface area contributed by atoms with Crippen LogP contribution in [-0.4, -0.2) is 59.5 Å². The molecule has 0 spiro atoms. The zero-order chi connectivity index (χ0) is 21.1. The van der Waals surface area contributed by atoms with E-state index < -0.39 is 0 Å². The number of rotatable bonds is 5. The van der Waals surface area contributed by atoms with Gasteiger partial charge in [-0.2, -0.15) is 4.98 Å². The maximum absolute atomic E-state index is 13.1. The predicted molar refractivity (Wildman–Crippen MR) is 113 cm³/mol. The first-order valence-electron chi connectivity index (χ1n) is 9.92. The largest absolute Gasteiger partial charge is 0.472 e. The van der Waals surface area contributed by atoms with Gasteiger partial charge in [0, 0.05) is 41.9 Å². The summed E-state index contributed by atoms with van der Waals surface area (Å²) in [5, 5.41) is 0. The fraction of sp³-hybridized carbons (Fsp3) is 0.429. The number of halogens is 1. The Bertz CT molecular complexity index is 941. The smallest absolute Gasteiger partial charge is 0.319 e. The zero-order valence-electron chi connectivity index (χ0n) is 16.7. The van der Waals surface area contributed by atoms with Crippen LogP contribution in [0.4, 0.5) is 5.69 Å². The molecular formula is C21H23BrN4O4. The Morgan fingerprint density at radius 3 is 2.93 bits per heavy atom. The van der Waals surface area contributed by atoms with E-state index in [2.05, 4.69) is 25.9 Å². The Morgan fingerprint density at radius 1 is 1.27 bits per heavy atom. The molecule has 1 aromatic carbocycles. The van der Waals surface area contributed by atoms with Crippen LogP contribution in [0, 0.1) is 5.92 Å². The molecule has 4 rings (SSSR count). The van der Waals surface area contributed by atoms with Crippen molar-refractivity contribution in [1.82, 2.24) is 14.9 Å². The third-order valence-electron chi connectivity index (χ3n) is 5.36. The molecule has 30 heavy (non-hydrogen) atoms. The molecule has 0 N–H and O–H groups in total. The number of likely N-dealkylation sites (tertiary alicyclic amines) is 1. The van der Waals surface area contributed by atoms with Crippen LogP contribution in [0.25, 0.3) is 0 Å². The number of amides is 2. The number of piperidine rings is 1. The van der Waals surface area contributed by atoms with E-state index >= 15 is 0 Å². The minimum absolute atomic E-state index is 0.00872. The lowest BCUT2D eigenvalue weighted by Crippen LogP contribution is -2.47. The van der Waals surface area contributed by atoms with E-state index in [0.29, 0.717) is 25.5 Å². The van der Waals surface area contributed by atoms with Crippen molar-refractivity contribution in [1.29, 1.82) is 0 Å². The van der Waals surface area contributed by atoms with E-state index in [1.165, 1.54) is 7.11 Å². The third kappa shape index (κ3) is 4.56. The second-order valence-electron chi connectivity index (χ2n) is 7.43. The molecule has 2 aliphatic heterocycles. The van der Waals surface area contributed by atoms with Gasteiger partial charge in [0.15, 0.2) is 0 Å². The zero-order valence-corrected chi connectivity index (χ0v) is 18.2. The van der Waals surface area contributed by atoms with Crippen LogP contribution in [0.5, 0.6) is 11.9 Å².